The van der Waals surface area contributed by atoms with E-state index in [2.05, 4.69) is 0 Å². The van der Waals surface area contributed by atoms with E-state index >= 15 is 0 Å². The van der Waals surface area contributed by atoms with E-state index < -0.39 is 18.5 Å². The molecule has 0 fully saturated rings. The van der Waals surface area contributed by atoms with Crippen LogP contribution in [0, 0.1) is 0 Å². The molecule has 10 rings (SSSR count). The van der Waals surface area contributed by atoms with Gasteiger partial charge in [0.2, 0.25) is 0 Å². The Kier molecular flexibility index (Phi) is 12.4. The zero-order valence-corrected chi connectivity index (χ0v) is 42.0. The van der Waals surface area contributed by atoms with Gasteiger partial charge in [-0.3, -0.25) is 0 Å². The molecule has 12 heteroatoms. The molecule has 0 aliphatic heterocycles. The van der Waals surface area contributed by atoms with E-state index in [1.165, 1.54) is 0 Å². The first-order chi connectivity index (χ1) is 33.6. The van der Waals surface area contributed by atoms with Crippen LogP contribution in [0.1, 0.15) is 0 Å². The topological polar surface area (TPSA) is 66.4 Å². The minimum atomic E-state index is -4.63. The number of rotatable bonds is 15. The quantitative estimate of drug-likeness (QED) is 0.0954. The first kappa shape index (κ1) is 46.3. The van der Waals surface area contributed by atoms with Crippen molar-refractivity contribution in [3.63, 3.8) is 0 Å². The van der Waals surface area contributed by atoms with Gasteiger partial charge >= 0.3 is 420 Å². The molecule has 0 bridgehead atoms. The van der Waals surface area contributed by atoms with E-state index in [-0.39, 0.29) is 18.0 Å². The molecule has 0 aliphatic carbocycles. The van der Waals surface area contributed by atoms with E-state index in [9.17, 15) is 0 Å². The Hall–Kier alpha value is -6.45. The Morgan fingerprint density at radius 3 is 0.435 bits per heavy atom. The third-order valence-corrected chi connectivity index (χ3v) is 30.7. The van der Waals surface area contributed by atoms with Crippen LogP contribution < -0.4 is 61.3 Å². The second-order valence-electron chi connectivity index (χ2n) is 16.3. The summed E-state index contributed by atoms with van der Waals surface area (Å²) in [5, 5.41) is 6.35. The molecule has 9 aromatic carbocycles. The zero-order valence-electron chi connectivity index (χ0n) is 37.0. The van der Waals surface area contributed by atoms with Crippen LogP contribution in [0.3, 0.4) is 0 Å². The maximum atomic E-state index is 8.60. The molecule has 0 N–H and O–H groups in total. The van der Waals surface area contributed by atoms with Gasteiger partial charge in [0, 0.05) is 0 Å². The summed E-state index contributed by atoms with van der Waals surface area (Å²) in [7, 11) is 0. The van der Waals surface area contributed by atoms with Crippen molar-refractivity contribution < 1.29 is 13.6 Å². The number of hydrogen-bond donors (Lipinski definition) is 0. The van der Waals surface area contributed by atoms with Gasteiger partial charge in [0.25, 0.3) is 0 Å². The fourth-order valence-electron chi connectivity index (χ4n) is 8.97. The van der Waals surface area contributed by atoms with Crippen LogP contribution in [0.4, 0.5) is 0 Å². The van der Waals surface area contributed by atoms with Gasteiger partial charge in [-0.05, 0) is 0 Å². The number of hydrogen-bond acceptors (Lipinski definition) is 6. The minimum absolute atomic E-state index is 0.189. The molecular weight excluding hydrogens is 974 g/mol. The van der Waals surface area contributed by atoms with Gasteiger partial charge in [-0.2, -0.15) is 0 Å². The van der Waals surface area contributed by atoms with Crippen LogP contribution in [0.15, 0.2) is 273 Å². The molecule has 0 atom stereocenters. The van der Waals surface area contributed by atoms with E-state index in [1.807, 2.05) is 273 Å². The van der Waals surface area contributed by atoms with E-state index in [1.54, 1.807) is 0 Å². The predicted molar refractivity (Wildman–Crippen MR) is 295 cm³/mol. The molecule has 6 nitrogen and oxygen atoms in total. The van der Waals surface area contributed by atoms with Crippen LogP contribution in [0.2, 0.25) is 0 Å². The Bertz CT molecular complexity index is 2660. The fourth-order valence-corrected chi connectivity index (χ4v) is 23.7. The van der Waals surface area contributed by atoms with Gasteiger partial charge < -0.3 is 0 Å². The Morgan fingerprint density at radius 1 is 0.203 bits per heavy atom. The van der Waals surface area contributed by atoms with Crippen molar-refractivity contribution in [2.45, 2.75) is 0 Å². The average molecular weight is 1020 g/mol. The number of benzene rings is 9. The first-order valence-electron chi connectivity index (χ1n) is 22.2. The van der Waals surface area contributed by atoms with Crippen molar-refractivity contribution in [2.24, 2.45) is 0 Å². The zero-order chi connectivity index (χ0) is 47.3. The molecule has 1 heterocycles. The summed E-state index contributed by atoms with van der Waals surface area (Å²) in [5.74, 6) is 0. The SMILES string of the molecule is ClP(Oc1nc(OP(Cl)(c2ccccc2)(c2ccccc2)c2ccccc2)nc(OP(Cl)(c2ccccc2)(c2ccccc2)c2ccccc2)n1)(c1ccccc1)(c1ccccc1)c1ccccc1. The van der Waals surface area contributed by atoms with Crippen molar-refractivity contribution >= 4 is 100 Å². The maximum absolute atomic E-state index is 8.60. The van der Waals surface area contributed by atoms with Gasteiger partial charge in [-0.1, -0.05) is 0 Å². The summed E-state index contributed by atoms with van der Waals surface area (Å²) in [4.78, 5) is 15.4. The van der Waals surface area contributed by atoms with Gasteiger partial charge in [0.1, 0.15) is 0 Å². The Balaban J connectivity index is 1.31. The third-order valence-electron chi connectivity index (χ3n) is 12.3. The molecule has 0 spiro atoms. The van der Waals surface area contributed by atoms with Gasteiger partial charge in [-0.15, -0.1) is 0 Å². The molecule has 342 valence electrons. The fraction of sp³-hybridized carbons (Fsp3) is 0. The van der Waals surface area contributed by atoms with Crippen molar-refractivity contribution in [2.75, 3.05) is 0 Å². The molecule has 0 radical (unpaired) electrons. The van der Waals surface area contributed by atoms with Gasteiger partial charge in [0.15, 0.2) is 0 Å². The van der Waals surface area contributed by atoms with Crippen molar-refractivity contribution in [3.8, 4) is 18.0 Å². The Morgan fingerprint density at radius 2 is 0.319 bits per heavy atom. The second kappa shape index (κ2) is 18.5. The number of aromatic nitrogens is 3. The molecule has 69 heavy (non-hydrogen) atoms. The van der Waals surface area contributed by atoms with E-state index in [4.69, 9.17) is 62.2 Å². The number of nitrogens with zero attached hydrogens (tertiary/aromatic N) is 3. The monoisotopic (exact) mass is 1020 g/mol. The summed E-state index contributed by atoms with van der Waals surface area (Å²) in [5.41, 5.74) is 0. The van der Waals surface area contributed by atoms with Gasteiger partial charge in [0.05, 0.1) is 0 Å². The number of halogens is 3. The van der Waals surface area contributed by atoms with E-state index in [0.29, 0.717) is 47.7 Å². The summed E-state index contributed by atoms with van der Waals surface area (Å²) >= 11 is 25.8. The Labute approximate surface area is 416 Å². The summed E-state index contributed by atoms with van der Waals surface area (Å²) in [6.45, 7) is 0. The van der Waals surface area contributed by atoms with Gasteiger partial charge in [-0.25, -0.2) is 0 Å². The van der Waals surface area contributed by atoms with Crippen LogP contribution >= 0.6 is 52.3 Å². The standard InChI is InChI=1S/C57H45Cl3N3O3P3/c58-67(46-28-10-1-11-29-46,47-30-12-2-13-31-47,48-32-14-3-15-33-48)64-55-61-56(65-68(59,49-34-16-4-17-35-49,50-36-18-5-19-37-50)51-38-20-6-21-39-51)63-57(62-55)66-69(60,52-40-22-7-23-41-52,53-42-24-8-25-43-53)54-44-26-9-27-45-54/h1-45H. The second-order valence-corrected chi connectivity index (χ2v) is 32.9. The summed E-state index contributed by atoms with van der Waals surface area (Å²) < 4.78 is 22.7. The van der Waals surface area contributed by atoms with Crippen LogP contribution in [-0.2, 0) is 0 Å². The molecule has 10 aromatic rings. The molecule has 0 unspecified atom stereocenters. The summed E-state index contributed by atoms with van der Waals surface area (Å²) in [6.07, 6.45) is -13.9. The van der Waals surface area contributed by atoms with Crippen molar-refractivity contribution in [1.82, 2.24) is 15.0 Å². The van der Waals surface area contributed by atoms with Crippen LogP contribution in [-0.4, -0.2) is 15.0 Å². The third kappa shape index (κ3) is 7.78. The average Bonchev–Trinajstić information content (AvgIpc) is 3.43. The van der Waals surface area contributed by atoms with E-state index in [0.717, 1.165) is 0 Å². The van der Waals surface area contributed by atoms with Crippen LogP contribution in [0.5, 0.6) is 18.0 Å². The van der Waals surface area contributed by atoms with Crippen LogP contribution in [0.25, 0.3) is 0 Å². The first-order valence-corrected chi connectivity index (χ1v) is 31.4. The normalized spacial score (nSPS) is 13.5. The predicted octanol–water partition coefficient (Wildman–Crippen LogP) is 11.8. The van der Waals surface area contributed by atoms with Crippen molar-refractivity contribution in [1.29, 1.82) is 0 Å². The molecule has 0 saturated carbocycles. The molecule has 1 aromatic heterocycles. The molecule has 0 amide bonds. The molecule has 0 aliphatic rings. The molecule has 0 saturated heterocycles. The van der Waals surface area contributed by atoms with Crippen molar-refractivity contribution in [3.05, 3.63) is 273 Å². The summed E-state index contributed by atoms with van der Waals surface area (Å²) in [6, 6.07) is 87.4. The molecular formula is C57H45Cl3N3O3P3.